The van der Waals surface area contributed by atoms with Crippen molar-refractivity contribution < 1.29 is 0 Å². The minimum Gasteiger partial charge on any atom is -0.345 e. The van der Waals surface area contributed by atoms with Crippen LogP contribution in [0, 0.1) is 6.92 Å². The predicted octanol–water partition coefficient (Wildman–Crippen LogP) is 1.24. The Labute approximate surface area is 97.7 Å². The summed E-state index contributed by atoms with van der Waals surface area (Å²) in [4.78, 5) is 12.4. The molecule has 0 spiro atoms. The van der Waals surface area contributed by atoms with Crippen LogP contribution in [0.4, 0.5) is 0 Å². The number of aryl methyl sites for hydroxylation is 1. The first-order valence-corrected chi connectivity index (χ1v) is 6.04. The average molecular weight is 222 g/mol. The van der Waals surface area contributed by atoms with Crippen molar-refractivity contribution in [2.45, 2.75) is 32.4 Å². The van der Waals surface area contributed by atoms with E-state index in [9.17, 15) is 0 Å². The third-order valence-electron chi connectivity index (χ3n) is 3.37. The van der Waals surface area contributed by atoms with Gasteiger partial charge in [0.15, 0.2) is 0 Å². The van der Waals surface area contributed by atoms with Crippen LogP contribution in [-0.2, 0) is 6.54 Å². The first-order valence-electron chi connectivity index (χ1n) is 6.04. The fourth-order valence-electron chi connectivity index (χ4n) is 2.44. The van der Waals surface area contributed by atoms with E-state index in [1.165, 1.54) is 19.4 Å². The molecule has 1 aromatic rings. The van der Waals surface area contributed by atoms with E-state index < -0.39 is 0 Å². The van der Waals surface area contributed by atoms with Crippen LogP contribution in [0.25, 0.3) is 0 Å². The van der Waals surface area contributed by atoms with Gasteiger partial charge in [0.2, 0.25) is 0 Å². The van der Waals surface area contributed by atoms with Gasteiger partial charge in [-0.2, -0.15) is 0 Å². The maximum Gasteiger partial charge on any atom is 0.120 e. The number of nitrogens with one attached hydrogen (secondary N) is 1. The Balaban J connectivity index is 1.82. The molecule has 1 aromatic heterocycles. The van der Waals surface area contributed by atoms with E-state index in [-0.39, 0.29) is 0 Å². The molecule has 0 bridgehead atoms. The number of likely N-dealkylation sites (N-methyl/N-ethyl adjacent to an activating group) is 2. The van der Waals surface area contributed by atoms with Crippen LogP contribution in [0.5, 0.6) is 0 Å². The van der Waals surface area contributed by atoms with Gasteiger partial charge in [0, 0.05) is 24.5 Å². The zero-order valence-electron chi connectivity index (χ0n) is 10.5. The summed E-state index contributed by atoms with van der Waals surface area (Å²) in [5.74, 6) is 1.07. The molecule has 1 unspecified atom stereocenters. The minimum absolute atomic E-state index is 0.723. The number of H-pyrrole nitrogens is 1. The highest BCUT2D eigenvalue weighted by Crippen LogP contribution is 2.15. The zero-order chi connectivity index (χ0) is 11.5. The molecule has 2 rings (SSSR count). The van der Waals surface area contributed by atoms with Crippen molar-refractivity contribution >= 4 is 0 Å². The standard InChI is InChI=1S/C12H22N4/c1-10-7-13-12(14-10)9-15(2)8-11-5-4-6-16(11)3/h7,11H,4-6,8-9H2,1-3H3,(H,13,14). The molecule has 0 aliphatic carbocycles. The number of likely N-dealkylation sites (tertiary alicyclic amines) is 1. The SMILES string of the molecule is Cc1cnc(CN(C)CC2CCCN2C)[nH]1. The van der Waals surface area contributed by atoms with E-state index in [1.807, 2.05) is 13.1 Å². The quantitative estimate of drug-likeness (QED) is 0.832. The summed E-state index contributed by atoms with van der Waals surface area (Å²) in [5.41, 5.74) is 1.14. The van der Waals surface area contributed by atoms with E-state index in [1.54, 1.807) is 0 Å². The van der Waals surface area contributed by atoms with Gasteiger partial charge in [-0.3, -0.25) is 4.90 Å². The largest absolute Gasteiger partial charge is 0.345 e. The molecule has 2 heterocycles. The smallest absolute Gasteiger partial charge is 0.120 e. The number of rotatable bonds is 4. The van der Waals surface area contributed by atoms with Crippen molar-refractivity contribution in [1.29, 1.82) is 0 Å². The summed E-state index contributed by atoms with van der Waals surface area (Å²) >= 11 is 0. The second kappa shape index (κ2) is 4.97. The molecule has 1 atom stereocenters. The fourth-order valence-corrected chi connectivity index (χ4v) is 2.44. The van der Waals surface area contributed by atoms with Crippen LogP contribution in [0.15, 0.2) is 6.20 Å². The Kier molecular flexibility index (Phi) is 3.61. The average Bonchev–Trinajstić information content (AvgIpc) is 2.77. The van der Waals surface area contributed by atoms with Gasteiger partial charge in [-0.15, -0.1) is 0 Å². The number of aromatic nitrogens is 2. The van der Waals surface area contributed by atoms with Gasteiger partial charge in [0.05, 0.1) is 6.54 Å². The maximum absolute atomic E-state index is 4.34. The first-order chi connectivity index (χ1) is 7.65. The Morgan fingerprint density at radius 3 is 3.00 bits per heavy atom. The van der Waals surface area contributed by atoms with Gasteiger partial charge >= 0.3 is 0 Å². The summed E-state index contributed by atoms with van der Waals surface area (Å²) in [6, 6.07) is 0.723. The first kappa shape index (κ1) is 11.6. The summed E-state index contributed by atoms with van der Waals surface area (Å²) in [5, 5.41) is 0. The van der Waals surface area contributed by atoms with Gasteiger partial charge in [-0.05, 0) is 40.4 Å². The summed E-state index contributed by atoms with van der Waals surface area (Å²) in [7, 11) is 4.40. The van der Waals surface area contributed by atoms with E-state index >= 15 is 0 Å². The van der Waals surface area contributed by atoms with Crippen LogP contribution in [0.1, 0.15) is 24.4 Å². The molecule has 4 heteroatoms. The second-order valence-electron chi connectivity index (χ2n) is 4.99. The molecular formula is C12H22N4. The summed E-state index contributed by atoms with van der Waals surface area (Å²) in [6.07, 6.45) is 4.57. The van der Waals surface area contributed by atoms with Crippen LogP contribution >= 0.6 is 0 Å². The molecule has 0 saturated carbocycles. The molecule has 0 aromatic carbocycles. The molecule has 0 radical (unpaired) electrons. The number of nitrogens with zero attached hydrogens (tertiary/aromatic N) is 3. The Morgan fingerprint density at radius 1 is 1.62 bits per heavy atom. The van der Waals surface area contributed by atoms with Crippen LogP contribution in [0.3, 0.4) is 0 Å². The van der Waals surface area contributed by atoms with E-state index in [2.05, 4.69) is 33.9 Å². The maximum atomic E-state index is 4.34. The van der Waals surface area contributed by atoms with Gasteiger partial charge < -0.3 is 9.88 Å². The lowest BCUT2D eigenvalue weighted by atomic mass is 10.2. The number of imidazole rings is 1. The highest BCUT2D eigenvalue weighted by atomic mass is 15.2. The fraction of sp³-hybridized carbons (Fsp3) is 0.750. The minimum atomic E-state index is 0.723. The molecule has 16 heavy (non-hydrogen) atoms. The number of aromatic amines is 1. The monoisotopic (exact) mass is 222 g/mol. The van der Waals surface area contributed by atoms with Crippen molar-refractivity contribution in [3.8, 4) is 0 Å². The Bertz CT molecular complexity index is 334. The molecule has 1 N–H and O–H groups in total. The second-order valence-corrected chi connectivity index (χ2v) is 4.99. The third-order valence-corrected chi connectivity index (χ3v) is 3.37. The number of hydrogen-bond donors (Lipinski definition) is 1. The Hall–Kier alpha value is -0.870. The molecule has 90 valence electrons. The van der Waals surface area contributed by atoms with Gasteiger partial charge in [-0.1, -0.05) is 0 Å². The topological polar surface area (TPSA) is 35.2 Å². The molecule has 1 aliphatic heterocycles. The van der Waals surface area contributed by atoms with Crippen molar-refractivity contribution in [2.24, 2.45) is 0 Å². The molecule has 0 amide bonds. The predicted molar refractivity (Wildman–Crippen MR) is 65.3 cm³/mol. The molecule has 4 nitrogen and oxygen atoms in total. The van der Waals surface area contributed by atoms with Crippen LogP contribution in [-0.4, -0.2) is 53.0 Å². The van der Waals surface area contributed by atoms with Crippen molar-refractivity contribution in [1.82, 2.24) is 19.8 Å². The van der Waals surface area contributed by atoms with Gasteiger partial charge in [0.1, 0.15) is 5.82 Å². The third kappa shape index (κ3) is 2.83. The van der Waals surface area contributed by atoms with Crippen molar-refractivity contribution in [3.05, 3.63) is 17.7 Å². The van der Waals surface area contributed by atoms with Crippen molar-refractivity contribution in [2.75, 3.05) is 27.2 Å². The summed E-state index contributed by atoms with van der Waals surface area (Å²) < 4.78 is 0. The highest BCUT2D eigenvalue weighted by molar-refractivity contribution is 4.98. The van der Waals surface area contributed by atoms with Crippen LogP contribution < -0.4 is 0 Å². The van der Waals surface area contributed by atoms with E-state index in [0.29, 0.717) is 0 Å². The van der Waals surface area contributed by atoms with Crippen LogP contribution in [0.2, 0.25) is 0 Å². The lowest BCUT2D eigenvalue weighted by Gasteiger charge is -2.25. The van der Waals surface area contributed by atoms with Gasteiger partial charge in [0.25, 0.3) is 0 Å². The molecule has 1 fully saturated rings. The Morgan fingerprint density at radius 2 is 2.44 bits per heavy atom. The van der Waals surface area contributed by atoms with Gasteiger partial charge in [-0.25, -0.2) is 4.98 Å². The lowest BCUT2D eigenvalue weighted by Crippen LogP contribution is -2.36. The zero-order valence-corrected chi connectivity index (χ0v) is 10.5. The van der Waals surface area contributed by atoms with E-state index in [4.69, 9.17) is 0 Å². The molecule has 1 aliphatic rings. The molecule has 1 saturated heterocycles. The lowest BCUT2D eigenvalue weighted by molar-refractivity contribution is 0.213. The highest BCUT2D eigenvalue weighted by Gasteiger charge is 2.22. The van der Waals surface area contributed by atoms with Crippen molar-refractivity contribution in [3.63, 3.8) is 0 Å². The normalized spacial score (nSPS) is 22.1. The summed E-state index contributed by atoms with van der Waals surface area (Å²) in [6.45, 7) is 5.34. The van der Waals surface area contributed by atoms with E-state index in [0.717, 1.165) is 30.6 Å². The molecular weight excluding hydrogens is 200 g/mol. The number of hydrogen-bond acceptors (Lipinski definition) is 3.